The number of nitrogens with zero attached hydrogens (tertiary/aromatic N) is 2. The maximum atomic E-state index is 11.9. The van der Waals surface area contributed by atoms with Crippen molar-refractivity contribution < 1.29 is 9.21 Å². The average Bonchev–Trinajstić information content (AvgIpc) is 2.90. The molecule has 1 aromatic heterocycles. The maximum absolute atomic E-state index is 11.9. The molecule has 19 heavy (non-hydrogen) atoms. The van der Waals surface area contributed by atoms with Crippen LogP contribution < -0.4 is 5.73 Å². The van der Waals surface area contributed by atoms with Crippen LogP contribution in [0.2, 0.25) is 0 Å². The summed E-state index contributed by atoms with van der Waals surface area (Å²) in [5.41, 5.74) is 6.21. The highest BCUT2D eigenvalue weighted by molar-refractivity contribution is 5.77. The van der Waals surface area contributed by atoms with Crippen molar-refractivity contribution in [3.05, 3.63) is 24.2 Å². The van der Waals surface area contributed by atoms with Crippen molar-refractivity contribution in [1.29, 1.82) is 0 Å². The molecular formula is C14H25N3O2. The molecule has 2 N–H and O–H groups in total. The van der Waals surface area contributed by atoms with E-state index in [1.807, 2.05) is 26.0 Å². The van der Waals surface area contributed by atoms with Gasteiger partial charge in [0.1, 0.15) is 5.76 Å². The zero-order chi connectivity index (χ0) is 14.4. The van der Waals surface area contributed by atoms with Crippen LogP contribution in [0.25, 0.3) is 0 Å². The number of furan rings is 1. The Morgan fingerprint density at radius 1 is 1.42 bits per heavy atom. The Balaban J connectivity index is 2.91. The van der Waals surface area contributed by atoms with E-state index in [2.05, 4.69) is 4.90 Å². The van der Waals surface area contributed by atoms with E-state index in [1.165, 1.54) is 0 Å². The number of hydrogen-bond acceptors (Lipinski definition) is 4. The topological polar surface area (TPSA) is 62.7 Å². The van der Waals surface area contributed by atoms with Crippen molar-refractivity contribution >= 4 is 5.91 Å². The molecule has 1 amide bonds. The third-order valence-corrected chi connectivity index (χ3v) is 3.35. The fourth-order valence-electron chi connectivity index (χ4n) is 2.07. The highest BCUT2D eigenvalue weighted by atomic mass is 16.3. The normalized spacial score (nSPS) is 14.4. The van der Waals surface area contributed by atoms with E-state index in [0.29, 0.717) is 6.54 Å². The van der Waals surface area contributed by atoms with Crippen molar-refractivity contribution in [3.63, 3.8) is 0 Å². The molecule has 0 aliphatic heterocycles. The van der Waals surface area contributed by atoms with Gasteiger partial charge < -0.3 is 15.1 Å². The first-order chi connectivity index (χ1) is 9.01. The lowest BCUT2D eigenvalue weighted by Crippen LogP contribution is -2.45. The third kappa shape index (κ3) is 4.08. The molecule has 2 unspecified atom stereocenters. The monoisotopic (exact) mass is 267 g/mol. The molecular weight excluding hydrogens is 242 g/mol. The van der Waals surface area contributed by atoms with Crippen LogP contribution in [0.4, 0.5) is 0 Å². The Morgan fingerprint density at radius 3 is 2.53 bits per heavy atom. The molecule has 0 saturated carbocycles. The lowest BCUT2D eigenvalue weighted by atomic mass is 10.0. The molecule has 1 heterocycles. The molecule has 1 rings (SSSR count). The molecule has 0 bridgehead atoms. The molecule has 1 aromatic rings. The van der Waals surface area contributed by atoms with Gasteiger partial charge in [0.2, 0.25) is 5.91 Å². The van der Waals surface area contributed by atoms with Gasteiger partial charge in [-0.2, -0.15) is 0 Å². The molecule has 0 radical (unpaired) electrons. The molecule has 5 nitrogen and oxygen atoms in total. The predicted octanol–water partition coefficient (Wildman–Crippen LogP) is 1.47. The molecule has 0 aromatic carbocycles. The summed E-state index contributed by atoms with van der Waals surface area (Å²) in [6.45, 7) is 5.17. The van der Waals surface area contributed by atoms with Crippen LogP contribution in [0.15, 0.2) is 22.8 Å². The van der Waals surface area contributed by atoms with Gasteiger partial charge in [-0.05, 0) is 25.1 Å². The van der Waals surface area contributed by atoms with Gasteiger partial charge in [-0.1, -0.05) is 13.8 Å². The first kappa shape index (κ1) is 15.7. The molecule has 0 aliphatic rings. The number of carbonyl (C=O) groups is 1. The standard InChI is InChI=1S/C14H25N3O2/c1-5-11(15)14(12-8-7-9-19-12)17(6-2)10-13(18)16(3)4/h7-9,11,14H,5-6,10,15H2,1-4H3. The zero-order valence-electron chi connectivity index (χ0n) is 12.3. The number of hydrogen-bond donors (Lipinski definition) is 1. The van der Waals surface area contributed by atoms with Crippen LogP contribution in [0.3, 0.4) is 0 Å². The second kappa shape index (κ2) is 7.31. The lowest BCUT2D eigenvalue weighted by Gasteiger charge is -2.33. The predicted molar refractivity (Wildman–Crippen MR) is 75.7 cm³/mol. The number of nitrogens with two attached hydrogens (primary N) is 1. The smallest absolute Gasteiger partial charge is 0.236 e. The van der Waals surface area contributed by atoms with E-state index >= 15 is 0 Å². The van der Waals surface area contributed by atoms with Gasteiger partial charge in [0.15, 0.2) is 0 Å². The lowest BCUT2D eigenvalue weighted by molar-refractivity contribution is -0.130. The fourth-order valence-corrected chi connectivity index (χ4v) is 2.07. The van der Waals surface area contributed by atoms with Crippen LogP contribution in [0, 0.1) is 0 Å². The van der Waals surface area contributed by atoms with Crippen LogP contribution in [0.1, 0.15) is 32.1 Å². The number of carbonyl (C=O) groups excluding carboxylic acids is 1. The van der Waals surface area contributed by atoms with Crippen molar-refractivity contribution in [2.24, 2.45) is 5.73 Å². The third-order valence-electron chi connectivity index (χ3n) is 3.35. The minimum absolute atomic E-state index is 0.0546. The van der Waals surface area contributed by atoms with Gasteiger partial charge in [0.25, 0.3) is 0 Å². The van der Waals surface area contributed by atoms with Crippen LogP contribution in [0.5, 0.6) is 0 Å². The quantitative estimate of drug-likeness (QED) is 0.812. The Labute approximate surface area is 115 Å². The molecule has 0 spiro atoms. The van der Waals surface area contributed by atoms with Gasteiger partial charge in [-0.25, -0.2) is 0 Å². The molecule has 108 valence electrons. The Hall–Kier alpha value is -1.33. The highest BCUT2D eigenvalue weighted by Crippen LogP contribution is 2.25. The van der Waals surface area contributed by atoms with E-state index in [4.69, 9.17) is 10.2 Å². The minimum Gasteiger partial charge on any atom is -0.468 e. The van der Waals surface area contributed by atoms with Crippen molar-refractivity contribution in [3.8, 4) is 0 Å². The summed E-state index contributed by atoms with van der Waals surface area (Å²) in [5, 5.41) is 0. The van der Waals surface area contributed by atoms with Crippen LogP contribution in [-0.4, -0.2) is 48.9 Å². The number of amides is 1. The molecule has 0 fully saturated rings. The summed E-state index contributed by atoms with van der Waals surface area (Å²) in [7, 11) is 3.52. The summed E-state index contributed by atoms with van der Waals surface area (Å²) in [6.07, 6.45) is 2.48. The van der Waals surface area contributed by atoms with Crippen molar-refractivity contribution in [1.82, 2.24) is 9.80 Å². The summed E-state index contributed by atoms with van der Waals surface area (Å²) in [6, 6.07) is 3.66. The number of rotatable bonds is 7. The zero-order valence-corrected chi connectivity index (χ0v) is 12.3. The summed E-state index contributed by atoms with van der Waals surface area (Å²) < 4.78 is 5.50. The van der Waals surface area contributed by atoms with Crippen molar-refractivity contribution in [2.45, 2.75) is 32.4 Å². The summed E-state index contributed by atoms with van der Waals surface area (Å²) in [5.74, 6) is 0.893. The molecule has 5 heteroatoms. The fraction of sp³-hybridized carbons (Fsp3) is 0.643. The van der Waals surface area contributed by atoms with Gasteiger partial charge in [0.05, 0.1) is 18.8 Å². The molecule has 2 atom stereocenters. The molecule has 0 aliphatic carbocycles. The van der Waals surface area contributed by atoms with Crippen LogP contribution >= 0.6 is 0 Å². The second-order valence-corrected chi connectivity index (χ2v) is 4.88. The minimum atomic E-state index is -0.0612. The van der Waals surface area contributed by atoms with Gasteiger partial charge in [-0.3, -0.25) is 9.69 Å². The van der Waals surface area contributed by atoms with Crippen molar-refractivity contribution in [2.75, 3.05) is 27.2 Å². The van der Waals surface area contributed by atoms with Gasteiger partial charge in [0, 0.05) is 20.1 Å². The maximum Gasteiger partial charge on any atom is 0.236 e. The first-order valence-electron chi connectivity index (χ1n) is 6.74. The van der Waals surface area contributed by atoms with Gasteiger partial charge in [-0.15, -0.1) is 0 Å². The van der Waals surface area contributed by atoms with E-state index in [1.54, 1.807) is 25.3 Å². The van der Waals surface area contributed by atoms with E-state index in [-0.39, 0.29) is 18.0 Å². The SMILES string of the molecule is CCC(N)C(c1ccco1)N(CC)CC(=O)N(C)C. The second-order valence-electron chi connectivity index (χ2n) is 4.88. The molecule has 0 saturated heterocycles. The van der Waals surface area contributed by atoms with E-state index in [0.717, 1.165) is 18.7 Å². The largest absolute Gasteiger partial charge is 0.468 e. The first-order valence-corrected chi connectivity index (χ1v) is 6.74. The Morgan fingerprint density at radius 2 is 2.11 bits per heavy atom. The Bertz CT molecular complexity index is 376. The highest BCUT2D eigenvalue weighted by Gasteiger charge is 2.28. The van der Waals surface area contributed by atoms with E-state index in [9.17, 15) is 4.79 Å². The van der Waals surface area contributed by atoms with Gasteiger partial charge >= 0.3 is 0 Å². The summed E-state index contributed by atoms with van der Waals surface area (Å²) >= 11 is 0. The Kier molecular flexibility index (Phi) is 6.05. The summed E-state index contributed by atoms with van der Waals surface area (Å²) in [4.78, 5) is 15.6. The van der Waals surface area contributed by atoms with Crippen LogP contribution in [-0.2, 0) is 4.79 Å². The average molecular weight is 267 g/mol. The number of likely N-dealkylation sites (N-methyl/N-ethyl adjacent to an activating group) is 2. The van der Waals surface area contributed by atoms with E-state index < -0.39 is 0 Å².